The maximum atomic E-state index is 6.13. The van der Waals surface area contributed by atoms with E-state index in [1.54, 1.807) is 0 Å². The van der Waals surface area contributed by atoms with Crippen LogP contribution in [0.15, 0.2) is 48.8 Å². The fourth-order valence-corrected chi connectivity index (χ4v) is 2.76. The molecule has 0 aliphatic rings. The van der Waals surface area contributed by atoms with E-state index >= 15 is 0 Å². The van der Waals surface area contributed by atoms with E-state index in [2.05, 4.69) is 19.9 Å². The summed E-state index contributed by atoms with van der Waals surface area (Å²) in [5, 5.41) is 0.795. The zero-order chi connectivity index (χ0) is 15.1. The summed E-state index contributed by atoms with van der Waals surface area (Å²) in [6.45, 7) is 0. The highest BCUT2D eigenvalue weighted by Gasteiger charge is 2.17. The number of nitrogen functional groups attached to an aromatic ring is 2. The highest BCUT2D eigenvalue weighted by Crippen LogP contribution is 2.38. The van der Waals surface area contributed by atoms with Crippen LogP contribution in [0.4, 0.5) is 11.8 Å². The molecule has 0 fully saturated rings. The Morgan fingerprint density at radius 3 is 2.23 bits per heavy atom. The number of fused-ring (bicyclic) bond motifs is 1. The maximum Gasteiger partial charge on any atom is 0.222 e. The van der Waals surface area contributed by atoms with Gasteiger partial charge in [-0.25, -0.2) is 4.98 Å². The molecular weight excluding hydrogens is 276 g/mol. The van der Waals surface area contributed by atoms with Gasteiger partial charge in [0.05, 0.1) is 10.9 Å². The lowest BCUT2D eigenvalue weighted by atomic mass is 9.97. The monoisotopic (exact) mass is 290 g/mol. The summed E-state index contributed by atoms with van der Waals surface area (Å²) in [4.78, 5) is 14.9. The highest BCUT2D eigenvalue weighted by molar-refractivity contribution is 6.06. The van der Waals surface area contributed by atoms with Crippen LogP contribution in [-0.2, 0) is 0 Å². The zero-order valence-corrected chi connectivity index (χ0v) is 11.7. The van der Waals surface area contributed by atoms with Crippen molar-refractivity contribution in [3.05, 3.63) is 48.8 Å². The van der Waals surface area contributed by atoms with Gasteiger partial charge < -0.3 is 21.4 Å². The number of H-pyrrole nitrogens is 2. The van der Waals surface area contributed by atoms with Crippen molar-refractivity contribution in [1.82, 2.24) is 19.9 Å². The Kier molecular flexibility index (Phi) is 2.62. The van der Waals surface area contributed by atoms with Gasteiger partial charge in [0.1, 0.15) is 5.82 Å². The van der Waals surface area contributed by atoms with Gasteiger partial charge in [-0.1, -0.05) is 6.07 Å². The number of hydrogen-bond acceptors (Lipinski definition) is 4. The number of anilines is 2. The van der Waals surface area contributed by atoms with E-state index in [4.69, 9.17) is 11.5 Å². The molecule has 3 heterocycles. The molecule has 0 amide bonds. The number of nitrogens with one attached hydrogen (secondary N) is 2. The minimum atomic E-state index is 0.176. The van der Waals surface area contributed by atoms with Gasteiger partial charge in [-0.15, -0.1) is 0 Å². The Morgan fingerprint density at radius 2 is 1.55 bits per heavy atom. The van der Waals surface area contributed by atoms with Crippen LogP contribution >= 0.6 is 0 Å². The second-order valence-corrected chi connectivity index (χ2v) is 5.02. The quantitative estimate of drug-likeness (QED) is 0.455. The van der Waals surface area contributed by atoms with Crippen molar-refractivity contribution in [2.24, 2.45) is 0 Å². The first-order valence-corrected chi connectivity index (χ1v) is 6.87. The van der Waals surface area contributed by atoms with Gasteiger partial charge in [0.15, 0.2) is 0 Å². The van der Waals surface area contributed by atoms with Gasteiger partial charge in [0.25, 0.3) is 0 Å². The molecule has 0 saturated heterocycles. The SMILES string of the molecule is Nc1nc(N)c2c(-c3ccc[nH]3)c(-c3ccc[nH]3)ccc2n1. The predicted octanol–water partition coefficient (Wildman–Crippen LogP) is 2.78. The van der Waals surface area contributed by atoms with Gasteiger partial charge in [0.2, 0.25) is 5.95 Å². The molecule has 0 atom stereocenters. The van der Waals surface area contributed by atoms with E-state index in [0.29, 0.717) is 5.82 Å². The van der Waals surface area contributed by atoms with Crippen LogP contribution in [0.2, 0.25) is 0 Å². The summed E-state index contributed by atoms with van der Waals surface area (Å²) in [5.74, 6) is 0.551. The average molecular weight is 290 g/mol. The lowest BCUT2D eigenvalue weighted by Crippen LogP contribution is -2.02. The van der Waals surface area contributed by atoms with E-state index < -0.39 is 0 Å². The Morgan fingerprint density at radius 1 is 0.818 bits per heavy atom. The van der Waals surface area contributed by atoms with Gasteiger partial charge in [-0.3, -0.25) is 0 Å². The largest absolute Gasteiger partial charge is 0.383 e. The molecule has 0 aliphatic heterocycles. The van der Waals surface area contributed by atoms with Gasteiger partial charge >= 0.3 is 0 Å². The number of benzene rings is 1. The standard InChI is InChI=1S/C16H14N6/c17-15-14-12(21-16(18)22-15)6-5-9(10-3-1-7-19-10)13(14)11-4-2-8-20-11/h1-8,19-20H,(H4,17,18,21,22). The summed E-state index contributed by atoms with van der Waals surface area (Å²) in [6, 6.07) is 11.8. The Labute approximate surface area is 126 Å². The van der Waals surface area contributed by atoms with E-state index in [-0.39, 0.29) is 5.95 Å². The van der Waals surface area contributed by atoms with Crippen molar-refractivity contribution in [3.8, 4) is 22.5 Å². The van der Waals surface area contributed by atoms with Crippen molar-refractivity contribution in [2.75, 3.05) is 11.5 Å². The van der Waals surface area contributed by atoms with E-state index in [0.717, 1.165) is 33.4 Å². The molecule has 6 N–H and O–H groups in total. The Hall–Kier alpha value is -3.28. The van der Waals surface area contributed by atoms with E-state index in [1.165, 1.54) is 0 Å². The molecule has 3 aromatic heterocycles. The zero-order valence-electron chi connectivity index (χ0n) is 11.7. The molecule has 4 aromatic rings. The molecule has 6 nitrogen and oxygen atoms in total. The van der Waals surface area contributed by atoms with Gasteiger partial charge in [-0.05, 0) is 30.3 Å². The van der Waals surface area contributed by atoms with Crippen molar-refractivity contribution in [1.29, 1.82) is 0 Å². The van der Waals surface area contributed by atoms with Crippen LogP contribution < -0.4 is 11.5 Å². The van der Waals surface area contributed by atoms with Crippen molar-refractivity contribution in [3.63, 3.8) is 0 Å². The molecule has 22 heavy (non-hydrogen) atoms. The molecule has 0 bridgehead atoms. The molecular formula is C16H14N6. The number of rotatable bonds is 2. The number of nitrogens with zero attached hydrogens (tertiary/aromatic N) is 2. The number of aromatic nitrogens is 4. The fraction of sp³-hybridized carbons (Fsp3) is 0. The van der Waals surface area contributed by atoms with Crippen LogP contribution in [0.5, 0.6) is 0 Å². The second-order valence-electron chi connectivity index (χ2n) is 5.02. The summed E-state index contributed by atoms with van der Waals surface area (Å²) in [6.07, 6.45) is 3.77. The minimum Gasteiger partial charge on any atom is -0.383 e. The molecule has 6 heteroatoms. The summed E-state index contributed by atoms with van der Waals surface area (Å²) in [7, 11) is 0. The summed E-state index contributed by atoms with van der Waals surface area (Å²) in [5.41, 5.74) is 16.5. The molecule has 0 spiro atoms. The third-order valence-electron chi connectivity index (χ3n) is 3.66. The van der Waals surface area contributed by atoms with Crippen LogP contribution in [-0.4, -0.2) is 19.9 Å². The lowest BCUT2D eigenvalue weighted by molar-refractivity contribution is 1.24. The van der Waals surface area contributed by atoms with Crippen molar-refractivity contribution >= 4 is 22.7 Å². The molecule has 1 aromatic carbocycles. The van der Waals surface area contributed by atoms with E-state index in [1.807, 2.05) is 48.8 Å². The molecule has 0 unspecified atom stereocenters. The smallest absolute Gasteiger partial charge is 0.222 e. The van der Waals surface area contributed by atoms with E-state index in [9.17, 15) is 0 Å². The maximum absolute atomic E-state index is 6.13. The molecule has 0 radical (unpaired) electrons. The second kappa shape index (κ2) is 4.63. The lowest BCUT2D eigenvalue weighted by Gasteiger charge is -2.12. The summed E-state index contributed by atoms with van der Waals surface area (Å²) < 4.78 is 0. The first kappa shape index (κ1) is 12.5. The number of nitrogens with two attached hydrogens (primary N) is 2. The third-order valence-corrected chi connectivity index (χ3v) is 3.66. The van der Waals surface area contributed by atoms with Crippen LogP contribution in [0.1, 0.15) is 0 Å². The van der Waals surface area contributed by atoms with Crippen LogP contribution in [0, 0.1) is 0 Å². The number of aromatic amines is 2. The third kappa shape index (κ3) is 1.81. The van der Waals surface area contributed by atoms with Gasteiger partial charge in [-0.2, -0.15) is 4.98 Å². The topological polar surface area (TPSA) is 109 Å². The highest BCUT2D eigenvalue weighted by atomic mass is 15.0. The molecule has 0 saturated carbocycles. The number of hydrogen-bond donors (Lipinski definition) is 4. The Balaban J connectivity index is 2.16. The molecule has 4 rings (SSSR count). The fourth-order valence-electron chi connectivity index (χ4n) is 2.76. The van der Waals surface area contributed by atoms with Crippen LogP contribution in [0.25, 0.3) is 33.4 Å². The minimum absolute atomic E-state index is 0.176. The van der Waals surface area contributed by atoms with Gasteiger partial charge in [0, 0.05) is 34.9 Å². The normalized spacial score (nSPS) is 11.1. The summed E-state index contributed by atoms with van der Waals surface area (Å²) >= 11 is 0. The predicted molar refractivity (Wildman–Crippen MR) is 87.9 cm³/mol. The molecule has 108 valence electrons. The Bertz CT molecular complexity index is 939. The molecule has 0 aliphatic carbocycles. The van der Waals surface area contributed by atoms with Crippen molar-refractivity contribution in [2.45, 2.75) is 0 Å². The van der Waals surface area contributed by atoms with Crippen LogP contribution in [0.3, 0.4) is 0 Å². The van der Waals surface area contributed by atoms with Crippen molar-refractivity contribution < 1.29 is 0 Å². The first-order chi connectivity index (χ1) is 10.7. The first-order valence-electron chi connectivity index (χ1n) is 6.87. The average Bonchev–Trinajstić information content (AvgIpc) is 3.19.